The first-order valence-electron chi connectivity index (χ1n) is 6.98. The maximum absolute atomic E-state index is 12.1. The van der Waals surface area contributed by atoms with Gasteiger partial charge < -0.3 is 15.7 Å². The van der Waals surface area contributed by atoms with E-state index in [1.54, 1.807) is 12.1 Å². The van der Waals surface area contributed by atoms with Gasteiger partial charge in [-0.2, -0.15) is 0 Å². The van der Waals surface area contributed by atoms with E-state index in [4.69, 9.17) is 16.7 Å². The van der Waals surface area contributed by atoms with Crippen molar-refractivity contribution in [3.05, 3.63) is 58.9 Å². The number of carbonyl (C=O) groups is 3. The number of pyridine rings is 1. The summed E-state index contributed by atoms with van der Waals surface area (Å²) in [5.41, 5.74) is 1.15. The summed E-state index contributed by atoms with van der Waals surface area (Å²) in [6, 6.07) is 7.69. The Balaban J connectivity index is 1.97. The zero-order chi connectivity index (χ0) is 17.5. The van der Waals surface area contributed by atoms with Gasteiger partial charge in [-0.05, 0) is 30.3 Å². The van der Waals surface area contributed by atoms with Crippen LogP contribution in [0, 0.1) is 0 Å². The molecule has 1 heterocycles. The number of hydrogen-bond donors (Lipinski definition) is 3. The lowest BCUT2D eigenvalue weighted by Crippen LogP contribution is -2.25. The summed E-state index contributed by atoms with van der Waals surface area (Å²) in [7, 11) is 0. The molecule has 1 aromatic heterocycles. The first-order chi connectivity index (χ1) is 11.5. The van der Waals surface area contributed by atoms with E-state index < -0.39 is 5.97 Å². The van der Waals surface area contributed by atoms with Crippen molar-refractivity contribution < 1.29 is 19.5 Å². The maximum Gasteiger partial charge on any atom is 0.305 e. The summed E-state index contributed by atoms with van der Waals surface area (Å²) in [5.74, 6) is -1.75. The maximum atomic E-state index is 12.1. The largest absolute Gasteiger partial charge is 0.481 e. The van der Waals surface area contributed by atoms with Crippen molar-refractivity contribution in [3.63, 3.8) is 0 Å². The van der Waals surface area contributed by atoms with Crippen LogP contribution in [0.3, 0.4) is 0 Å². The van der Waals surface area contributed by atoms with Crippen LogP contribution >= 0.6 is 11.6 Å². The van der Waals surface area contributed by atoms with Gasteiger partial charge in [0.25, 0.3) is 11.8 Å². The summed E-state index contributed by atoms with van der Waals surface area (Å²) in [4.78, 5) is 38.1. The Morgan fingerprint density at radius 2 is 1.79 bits per heavy atom. The first kappa shape index (κ1) is 17.4. The SMILES string of the molecule is O=C(O)CCNC(=O)c1ccc(NC(=O)c2ccncc2Cl)cc1. The molecule has 24 heavy (non-hydrogen) atoms. The van der Waals surface area contributed by atoms with Crippen molar-refractivity contribution >= 4 is 35.1 Å². The number of hydrogen-bond acceptors (Lipinski definition) is 4. The van der Waals surface area contributed by atoms with Crippen LogP contribution in [0.2, 0.25) is 5.02 Å². The predicted molar refractivity (Wildman–Crippen MR) is 88.2 cm³/mol. The second-order valence-electron chi connectivity index (χ2n) is 4.79. The lowest BCUT2D eigenvalue weighted by molar-refractivity contribution is -0.136. The molecule has 7 nitrogen and oxygen atoms in total. The highest BCUT2D eigenvalue weighted by Gasteiger charge is 2.11. The fraction of sp³-hybridized carbons (Fsp3) is 0.125. The van der Waals surface area contributed by atoms with Crippen LogP contribution in [0.25, 0.3) is 0 Å². The van der Waals surface area contributed by atoms with Gasteiger partial charge in [-0.25, -0.2) is 0 Å². The van der Waals surface area contributed by atoms with E-state index in [1.807, 2.05) is 0 Å². The molecule has 1 aromatic carbocycles. The van der Waals surface area contributed by atoms with Crippen molar-refractivity contribution in [2.24, 2.45) is 0 Å². The molecule has 0 fully saturated rings. The molecular weight excluding hydrogens is 334 g/mol. The van der Waals surface area contributed by atoms with Gasteiger partial charge in [-0.1, -0.05) is 11.6 Å². The van der Waals surface area contributed by atoms with Gasteiger partial charge in [0.15, 0.2) is 0 Å². The number of benzene rings is 1. The van der Waals surface area contributed by atoms with Crippen LogP contribution in [-0.4, -0.2) is 34.4 Å². The minimum atomic E-state index is -0.983. The third kappa shape index (κ3) is 4.79. The van der Waals surface area contributed by atoms with Crippen molar-refractivity contribution in [1.82, 2.24) is 10.3 Å². The van der Waals surface area contributed by atoms with Crippen molar-refractivity contribution in [2.45, 2.75) is 6.42 Å². The Morgan fingerprint density at radius 1 is 1.08 bits per heavy atom. The van der Waals surface area contributed by atoms with E-state index in [1.165, 1.54) is 30.6 Å². The van der Waals surface area contributed by atoms with E-state index in [0.717, 1.165) is 0 Å². The van der Waals surface area contributed by atoms with Crippen LogP contribution in [-0.2, 0) is 4.79 Å². The lowest BCUT2D eigenvalue weighted by atomic mass is 10.2. The van der Waals surface area contributed by atoms with Gasteiger partial charge in [0, 0.05) is 30.2 Å². The summed E-state index contributed by atoms with van der Waals surface area (Å²) < 4.78 is 0. The first-order valence-corrected chi connectivity index (χ1v) is 7.36. The van der Waals surface area contributed by atoms with E-state index in [0.29, 0.717) is 16.8 Å². The van der Waals surface area contributed by atoms with E-state index in [-0.39, 0.29) is 29.8 Å². The molecule has 2 aromatic rings. The summed E-state index contributed by atoms with van der Waals surface area (Å²) in [6.45, 7) is 0.0488. The monoisotopic (exact) mass is 347 g/mol. The highest BCUT2D eigenvalue weighted by Crippen LogP contribution is 2.16. The van der Waals surface area contributed by atoms with Gasteiger partial charge in [0.2, 0.25) is 0 Å². The standard InChI is InChI=1S/C16H14ClN3O4/c17-13-9-18-7-5-12(13)16(24)20-11-3-1-10(2-4-11)15(23)19-8-6-14(21)22/h1-5,7,9H,6,8H2,(H,19,23)(H,20,24)(H,21,22). The van der Waals surface area contributed by atoms with E-state index in [9.17, 15) is 14.4 Å². The smallest absolute Gasteiger partial charge is 0.305 e. The molecule has 2 rings (SSSR count). The van der Waals surface area contributed by atoms with Gasteiger partial charge in [0.05, 0.1) is 17.0 Å². The molecule has 0 aliphatic carbocycles. The normalized spacial score (nSPS) is 10.0. The van der Waals surface area contributed by atoms with Crippen LogP contribution in [0.15, 0.2) is 42.7 Å². The lowest BCUT2D eigenvalue weighted by Gasteiger charge is -2.08. The summed E-state index contributed by atoms with van der Waals surface area (Å²) >= 11 is 5.90. The van der Waals surface area contributed by atoms with Crippen LogP contribution < -0.4 is 10.6 Å². The number of aromatic nitrogens is 1. The molecule has 2 amide bonds. The zero-order valence-corrected chi connectivity index (χ0v) is 13.2. The molecule has 0 radical (unpaired) electrons. The van der Waals surface area contributed by atoms with Gasteiger partial charge in [-0.15, -0.1) is 0 Å². The Kier molecular flexibility index (Phi) is 5.86. The number of rotatable bonds is 6. The molecule has 8 heteroatoms. The van der Waals surface area contributed by atoms with E-state index in [2.05, 4.69) is 15.6 Å². The fourth-order valence-corrected chi connectivity index (χ4v) is 2.05. The average Bonchev–Trinajstić information content (AvgIpc) is 2.55. The molecule has 0 aliphatic rings. The summed E-state index contributed by atoms with van der Waals surface area (Å²) in [6.07, 6.45) is 2.69. The second kappa shape index (κ2) is 8.07. The number of nitrogens with zero attached hydrogens (tertiary/aromatic N) is 1. The Bertz CT molecular complexity index is 762. The molecule has 3 N–H and O–H groups in total. The quantitative estimate of drug-likeness (QED) is 0.742. The zero-order valence-electron chi connectivity index (χ0n) is 12.5. The number of carbonyl (C=O) groups excluding carboxylic acids is 2. The molecule has 0 saturated carbocycles. The molecular formula is C16H14ClN3O4. The van der Waals surface area contributed by atoms with Gasteiger partial charge in [0.1, 0.15) is 0 Å². The van der Waals surface area contributed by atoms with Crippen molar-refractivity contribution in [3.8, 4) is 0 Å². The highest BCUT2D eigenvalue weighted by molar-refractivity contribution is 6.34. The number of carboxylic acids is 1. The fourth-order valence-electron chi connectivity index (χ4n) is 1.85. The summed E-state index contributed by atoms with van der Waals surface area (Å²) in [5, 5.41) is 13.9. The van der Waals surface area contributed by atoms with Crippen LogP contribution in [0.4, 0.5) is 5.69 Å². The number of nitrogens with one attached hydrogen (secondary N) is 2. The Hall–Kier alpha value is -2.93. The molecule has 0 bridgehead atoms. The van der Waals surface area contributed by atoms with Crippen LogP contribution in [0.5, 0.6) is 0 Å². The third-order valence-electron chi connectivity index (χ3n) is 3.05. The molecule has 124 valence electrons. The van der Waals surface area contributed by atoms with Gasteiger partial charge in [-0.3, -0.25) is 19.4 Å². The van der Waals surface area contributed by atoms with Crippen molar-refractivity contribution in [2.75, 3.05) is 11.9 Å². The number of aliphatic carboxylic acids is 1. The van der Waals surface area contributed by atoms with Gasteiger partial charge >= 0.3 is 5.97 Å². The Morgan fingerprint density at radius 3 is 2.42 bits per heavy atom. The average molecular weight is 348 g/mol. The predicted octanol–water partition coefficient (Wildman–Crippen LogP) is 2.19. The number of anilines is 1. The minimum Gasteiger partial charge on any atom is -0.481 e. The third-order valence-corrected chi connectivity index (χ3v) is 3.35. The molecule has 0 saturated heterocycles. The minimum absolute atomic E-state index is 0.0488. The number of halogens is 1. The van der Waals surface area contributed by atoms with Crippen molar-refractivity contribution in [1.29, 1.82) is 0 Å². The van der Waals surface area contributed by atoms with E-state index >= 15 is 0 Å². The number of amides is 2. The highest BCUT2D eigenvalue weighted by atomic mass is 35.5. The molecule has 0 aliphatic heterocycles. The molecule has 0 spiro atoms. The topological polar surface area (TPSA) is 108 Å². The Labute approximate surface area is 142 Å². The molecule has 0 unspecified atom stereocenters. The number of carboxylic acid groups (broad SMARTS) is 1. The molecule has 0 atom stereocenters. The second-order valence-corrected chi connectivity index (χ2v) is 5.19. The van der Waals surface area contributed by atoms with Crippen LogP contribution in [0.1, 0.15) is 27.1 Å².